The van der Waals surface area contributed by atoms with E-state index in [1.54, 1.807) is 0 Å². The van der Waals surface area contributed by atoms with Crippen molar-refractivity contribution < 1.29 is 19.8 Å². The van der Waals surface area contributed by atoms with E-state index in [1.165, 1.54) is 6.92 Å². The summed E-state index contributed by atoms with van der Waals surface area (Å²) in [6.45, 7) is 3.38. The second kappa shape index (κ2) is 7.90. The average Bonchev–Trinajstić information content (AvgIpc) is 2.55. The Bertz CT molecular complexity index is 676. The Morgan fingerprint density at radius 1 is 1.25 bits per heavy atom. The quantitative estimate of drug-likeness (QED) is 0.637. The summed E-state index contributed by atoms with van der Waals surface area (Å²) >= 11 is 0. The second-order valence-electron chi connectivity index (χ2n) is 6.10. The number of carbonyl (C=O) groups excluding carboxylic acids is 1. The number of aliphatic hydroxyl groups excluding tert-OH is 1. The number of benzene rings is 1. The summed E-state index contributed by atoms with van der Waals surface area (Å²) in [5.74, 6) is -1.24. The van der Waals surface area contributed by atoms with Gasteiger partial charge in [0.2, 0.25) is 0 Å². The van der Waals surface area contributed by atoms with Crippen LogP contribution in [-0.2, 0) is 9.59 Å². The molecule has 0 aliphatic heterocycles. The van der Waals surface area contributed by atoms with Crippen molar-refractivity contribution in [2.45, 2.75) is 51.5 Å². The van der Waals surface area contributed by atoms with Gasteiger partial charge < -0.3 is 10.2 Å². The fourth-order valence-corrected chi connectivity index (χ4v) is 2.95. The summed E-state index contributed by atoms with van der Waals surface area (Å²) in [7, 11) is 0. The zero-order valence-corrected chi connectivity index (χ0v) is 14.0. The summed E-state index contributed by atoms with van der Waals surface area (Å²) in [6, 6.07) is 8.70. The van der Waals surface area contributed by atoms with Crippen LogP contribution in [0.15, 0.2) is 46.7 Å². The Morgan fingerprint density at radius 3 is 2.50 bits per heavy atom. The number of allylic oxidation sites excluding steroid dienone is 2. The van der Waals surface area contributed by atoms with Crippen molar-refractivity contribution >= 4 is 17.5 Å². The lowest BCUT2D eigenvalue weighted by Gasteiger charge is -2.26. The Labute approximate surface area is 141 Å². The van der Waals surface area contributed by atoms with Gasteiger partial charge >= 0.3 is 5.97 Å². The van der Waals surface area contributed by atoms with Crippen molar-refractivity contribution in [2.75, 3.05) is 0 Å². The van der Waals surface area contributed by atoms with Gasteiger partial charge in [0.1, 0.15) is 11.8 Å². The predicted molar refractivity (Wildman–Crippen MR) is 92.5 cm³/mol. The van der Waals surface area contributed by atoms with Gasteiger partial charge in [-0.1, -0.05) is 37.3 Å². The number of Topliss-reactive ketones (excluding diaryl/α,β-unsaturated/α-hetero) is 1. The molecule has 2 rings (SSSR count). The number of hydrogen-bond donors (Lipinski definition) is 2. The summed E-state index contributed by atoms with van der Waals surface area (Å²) in [5.41, 5.74) is 1.65. The normalized spacial score (nSPS) is 23.2. The minimum Gasteiger partial charge on any atom is -0.511 e. The molecule has 5 heteroatoms. The van der Waals surface area contributed by atoms with Crippen LogP contribution in [0.4, 0.5) is 0 Å². The molecule has 5 nitrogen and oxygen atoms in total. The molecule has 1 aromatic rings. The van der Waals surface area contributed by atoms with Gasteiger partial charge in [0.15, 0.2) is 5.78 Å². The molecule has 1 aromatic carbocycles. The molecule has 0 saturated heterocycles. The molecule has 2 N–H and O–H groups in total. The zero-order valence-electron chi connectivity index (χ0n) is 14.0. The highest BCUT2D eigenvalue weighted by atomic mass is 16.4. The van der Waals surface area contributed by atoms with Crippen molar-refractivity contribution in [3.05, 3.63) is 47.2 Å². The number of rotatable bonds is 5. The highest BCUT2D eigenvalue weighted by Gasteiger charge is 2.32. The van der Waals surface area contributed by atoms with Gasteiger partial charge in [0.25, 0.3) is 0 Å². The summed E-state index contributed by atoms with van der Waals surface area (Å²) in [4.78, 5) is 28.0. The van der Waals surface area contributed by atoms with Crippen LogP contribution < -0.4 is 0 Å². The fraction of sp³-hybridized carbons (Fsp3) is 0.421. The van der Waals surface area contributed by atoms with Gasteiger partial charge in [-0.3, -0.25) is 9.79 Å². The molecule has 0 radical (unpaired) electrons. The highest BCUT2D eigenvalue weighted by Crippen LogP contribution is 2.34. The van der Waals surface area contributed by atoms with Crippen LogP contribution in [0.2, 0.25) is 0 Å². The lowest BCUT2D eigenvalue weighted by atomic mass is 9.78. The summed E-state index contributed by atoms with van der Waals surface area (Å²) < 4.78 is 0. The molecule has 1 aliphatic rings. The maximum Gasteiger partial charge on any atom is 0.328 e. The van der Waals surface area contributed by atoms with E-state index in [0.29, 0.717) is 31.4 Å². The molecule has 0 heterocycles. The molecule has 128 valence electrons. The molecular weight excluding hydrogens is 306 g/mol. The standard InChI is InChI=1S/C19H23NO4/c1-3-7-16(21)18-15(20-12(2)19(23)24)10-14(11-17(18)22)13-8-5-4-6-9-13/h4-6,8-9,12,14,21H,3,7,10-11H2,1-2H3,(H,23,24). The first-order valence-electron chi connectivity index (χ1n) is 8.24. The van der Waals surface area contributed by atoms with E-state index >= 15 is 0 Å². The van der Waals surface area contributed by atoms with Crippen LogP contribution in [-0.4, -0.2) is 33.7 Å². The highest BCUT2D eigenvalue weighted by molar-refractivity contribution is 6.25. The van der Waals surface area contributed by atoms with Crippen molar-refractivity contribution in [1.29, 1.82) is 0 Å². The SMILES string of the molecule is CCCC(O)=C1C(=O)CC(c2ccccc2)CC1=NC(C)C(=O)O. The Kier molecular flexibility index (Phi) is 5.90. The number of ketones is 1. The minimum atomic E-state index is -1.05. The summed E-state index contributed by atoms with van der Waals surface area (Å²) in [6.07, 6.45) is 1.84. The van der Waals surface area contributed by atoms with Crippen molar-refractivity contribution in [3.63, 3.8) is 0 Å². The third kappa shape index (κ3) is 4.10. The van der Waals surface area contributed by atoms with Gasteiger partial charge in [0, 0.05) is 12.8 Å². The fourth-order valence-electron chi connectivity index (χ4n) is 2.95. The Hall–Kier alpha value is -2.43. The van der Waals surface area contributed by atoms with Crippen LogP contribution in [0.3, 0.4) is 0 Å². The first kappa shape index (κ1) is 17.9. The third-order valence-electron chi connectivity index (χ3n) is 4.19. The molecule has 0 aromatic heterocycles. The first-order chi connectivity index (χ1) is 11.4. The van der Waals surface area contributed by atoms with E-state index in [1.807, 2.05) is 37.3 Å². The second-order valence-corrected chi connectivity index (χ2v) is 6.10. The number of aliphatic carboxylic acids is 1. The molecule has 0 spiro atoms. The van der Waals surface area contributed by atoms with E-state index in [9.17, 15) is 14.7 Å². The van der Waals surface area contributed by atoms with Crippen molar-refractivity contribution in [3.8, 4) is 0 Å². The summed E-state index contributed by atoms with van der Waals surface area (Å²) in [5, 5.41) is 19.4. The van der Waals surface area contributed by atoms with Crippen LogP contribution in [0.5, 0.6) is 0 Å². The number of carbonyl (C=O) groups is 2. The molecule has 24 heavy (non-hydrogen) atoms. The van der Waals surface area contributed by atoms with Crippen LogP contribution in [0.1, 0.15) is 51.0 Å². The lowest BCUT2D eigenvalue weighted by Crippen LogP contribution is -2.28. The smallest absolute Gasteiger partial charge is 0.328 e. The van der Waals surface area contributed by atoms with Gasteiger partial charge in [-0.15, -0.1) is 0 Å². The molecular formula is C19H23NO4. The van der Waals surface area contributed by atoms with Crippen LogP contribution in [0.25, 0.3) is 0 Å². The maximum atomic E-state index is 12.6. The molecule has 1 saturated carbocycles. The molecule has 0 amide bonds. The van der Waals surface area contributed by atoms with Gasteiger partial charge in [-0.2, -0.15) is 0 Å². The number of aliphatic hydroxyl groups is 1. The molecule has 0 bridgehead atoms. The lowest BCUT2D eigenvalue weighted by molar-refractivity contribution is -0.138. The largest absolute Gasteiger partial charge is 0.511 e. The van der Waals surface area contributed by atoms with E-state index in [-0.39, 0.29) is 23.0 Å². The predicted octanol–water partition coefficient (Wildman–Crippen LogP) is 3.66. The number of hydrogen-bond acceptors (Lipinski definition) is 4. The molecule has 2 unspecified atom stereocenters. The van der Waals surface area contributed by atoms with Crippen LogP contribution in [0, 0.1) is 0 Å². The number of carboxylic acid groups (broad SMARTS) is 1. The number of nitrogens with zero attached hydrogens (tertiary/aromatic N) is 1. The van der Waals surface area contributed by atoms with Gasteiger partial charge in [-0.05, 0) is 31.2 Å². The van der Waals surface area contributed by atoms with E-state index in [2.05, 4.69) is 4.99 Å². The number of aliphatic imine (C=N–C) groups is 1. The monoisotopic (exact) mass is 329 g/mol. The van der Waals surface area contributed by atoms with Gasteiger partial charge in [-0.25, -0.2) is 4.79 Å². The maximum absolute atomic E-state index is 12.6. The van der Waals surface area contributed by atoms with Gasteiger partial charge in [0.05, 0.1) is 11.3 Å². The number of carboxylic acids is 1. The van der Waals surface area contributed by atoms with Crippen LogP contribution >= 0.6 is 0 Å². The molecule has 1 fully saturated rings. The average molecular weight is 329 g/mol. The molecule has 1 aliphatic carbocycles. The molecule has 2 atom stereocenters. The minimum absolute atomic E-state index is 0.0188. The Balaban J connectivity index is 2.42. The zero-order chi connectivity index (χ0) is 17.7. The third-order valence-corrected chi connectivity index (χ3v) is 4.19. The van der Waals surface area contributed by atoms with E-state index < -0.39 is 12.0 Å². The van der Waals surface area contributed by atoms with Crippen molar-refractivity contribution in [2.24, 2.45) is 4.99 Å². The Morgan fingerprint density at radius 2 is 1.92 bits per heavy atom. The van der Waals surface area contributed by atoms with Crippen molar-refractivity contribution in [1.82, 2.24) is 0 Å². The van der Waals surface area contributed by atoms with E-state index in [4.69, 9.17) is 5.11 Å². The topological polar surface area (TPSA) is 87.0 Å². The van der Waals surface area contributed by atoms with E-state index in [0.717, 1.165) is 5.56 Å². The first-order valence-corrected chi connectivity index (χ1v) is 8.24.